The number of aromatic nitrogens is 2. The summed E-state index contributed by atoms with van der Waals surface area (Å²) in [6, 6.07) is 0.817. The molecule has 2 aliphatic carbocycles. The first-order valence-corrected chi connectivity index (χ1v) is 19.4. The van der Waals surface area contributed by atoms with Gasteiger partial charge in [-0.2, -0.15) is 27.8 Å². The van der Waals surface area contributed by atoms with Crippen molar-refractivity contribution in [2.75, 3.05) is 6.54 Å². The van der Waals surface area contributed by atoms with Gasteiger partial charge in [0.15, 0.2) is 0 Å². The largest absolute Gasteiger partial charge is 0.479 e. The molecule has 4 N–H and O–H groups in total. The number of nitrogens with one attached hydrogen (secondary N) is 3. The number of carbonyl (C=O) groups excluding carboxylic acids is 3. The van der Waals surface area contributed by atoms with Gasteiger partial charge in [0.05, 0.1) is 17.8 Å². The molecule has 50 heavy (non-hydrogen) atoms. The van der Waals surface area contributed by atoms with Crippen molar-refractivity contribution in [2.45, 2.75) is 100 Å². The van der Waals surface area contributed by atoms with E-state index in [1.165, 1.54) is 32.3 Å². The van der Waals surface area contributed by atoms with Crippen molar-refractivity contribution in [3.8, 4) is 22.3 Å². The molecular weight excluding hydrogens is 677 g/mol. The second kappa shape index (κ2) is 14.5. The van der Waals surface area contributed by atoms with Gasteiger partial charge >= 0.3 is 12.0 Å². The zero-order valence-corrected chi connectivity index (χ0v) is 29.3. The standard InChI is InChI=1S/C36H42N6O6S2/c43-31-29-16-26(42-33(45)30(23-13-15-50-21-23)27(18-37-42)22-12-14-49-20-22)19-41(29)32(44)28(39-35(48)38-25-9-6-7-10-25)11-5-3-1-2-4-8-24-17-36(24,40-31)34(46)47/h4,8,12-15,18,20-21,24-26,28-29H,1-3,5-7,9-11,16-17,19H2,(H,40,43)(H,46,47)(H2,38,39,48)/b8-4-/t24-,26-,28-,29-,36+/m0/s1. The minimum Gasteiger partial charge on any atom is -0.479 e. The Balaban J connectivity index is 1.23. The van der Waals surface area contributed by atoms with E-state index < -0.39 is 47.5 Å². The van der Waals surface area contributed by atoms with Crippen LogP contribution in [0.1, 0.15) is 76.7 Å². The Morgan fingerprint density at radius 1 is 0.960 bits per heavy atom. The second-order valence-corrected chi connectivity index (χ2v) is 15.5. The number of hydrogen-bond donors (Lipinski definition) is 4. The smallest absolute Gasteiger partial charge is 0.330 e. The normalized spacial score (nSPS) is 28.1. The van der Waals surface area contributed by atoms with Gasteiger partial charge in [-0.25, -0.2) is 14.3 Å². The molecule has 14 heteroatoms. The summed E-state index contributed by atoms with van der Waals surface area (Å²) in [6.07, 6.45) is 13.2. The quantitative estimate of drug-likeness (QED) is 0.263. The number of carboxylic acid groups (broad SMARTS) is 1. The zero-order valence-electron chi connectivity index (χ0n) is 27.7. The number of carbonyl (C=O) groups is 4. The molecule has 264 valence electrons. The van der Waals surface area contributed by atoms with Gasteiger partial charge in [0, 0.05) is 30.5 Å². The molecule has 3 fully saturated rings. The Labute approximate surface area is 298 Å². The van der Waals surface area contributed by atoms with Gasteiger partial charge in [0.25, 0.3) is 5.56 Å². The molecule has 0 spiro atoms. The topological polar surface area (TPSA) is 163 Å². The third-order valence-corrected chi connectivity index (χ3v) is 12.0. The lowest BCUT2D eigenvalue weighted by Crippen LogP contribution is -2.57. The molecule has 4 amide bonds. The van der Waals surface area contributed by atoms with Crippen LogP contribution >= 0.6 is 22.7 Å². The maximum Gasteiger partial charge on any atom is 0.330 e. The summed E-state index contributed by atoms with van der Waals surface area (Å²) in [6.45, 7) is -0.00344. The third-order valence-electron chi connectivity index (χ3n) is 10.6. The highest BCUT2D eigenvalue weighted by Crippen LogP contribution is 2.45. The summed E-state index contributed by atoms with van der Waals surface area (Å²) in [7, 11) is 0. The Kier molecular flexibility index (Phi) is 9.91. The van der Waals surface area contributed by atoms with E-state index in [4.69, 9.17) is 0 Å². The number of fused-ring (bicyclic) bond motifs is 2. The number of allylic oxidation sites excluding steroid dienone is 1. The maximum atomic E-state index is 14.5. The molecule has 3 aromatic rings. The minimum atomic E-state index is -1.46. The number of rotatable bonds is 6. The summed E-state index contributed by atoms with van der Waals surface area (Å²) in [4.78, 5) is 70.0. The van der Waals surface area contributed by atoms with Crippen LogP contribution in [-0.2, 0) is 14.4 Å². The number of nitrogens with zero attached hydrogens (tertiary/aromatic N) is 3. The van der Waals surface area contributed by atoms with Crippen LogP contribution in [0.4, 0.5) is 4.79 Å². The summed E-state index contributed by atoms with van der Waals surface area (Å²) >= 11 is 3.00. The fourth-order valence-electron chi connectivity index (χ4n) is 7.76. The highest BCUT2D eigenvalue weighted by atomic mass is 32.1. The van der Waals surface area contributed by atoms with Crippen molar-refractivity contribution in [1.29, 1.82) is 0 Å². The molecule has 5 atom stereocenters. The molecule has 12 nitrogen and oxygen atoms in total. The molecule has 7 rings (SSSR count). The second-order valence-electron chi connectivity index (χ2n) is 13.9. The fraction of sp³-hybridized carbons (Fsp3) is 0.500. The number of hydrogen-bond acceptors (Lipinski definition) is 8. The number of aliphatic carboxylic acids is 1. The molecule has 1 saturated heterocycles. The van der Waals surface area contributed by atoms with Crippen LogP contribution in [0.5, 0.6) is 0 Å². The van der Waals surface area contributed by atoms with Crippen molar-refractivity contribution in [2.24, 2.45) is 5.92 Å². The Bertz CT molecular complexity index is 1820. The fourth-order valence-corrected chi connectivity index (χ4v) is 9.06. The van der Waals surface area contributed by atoms with Crippen molar-refractivity contribution in [3.05, 3.63) is 62.4 Å². The highest BCUT2D eigenvalue weighted by molar-refractivity contribution is 7.08. The van der Waals surface area contributed by atoms with Crippen LogP contribution in [0.3, 0.4) is 0 Å². The maximum absolute atomic E-state index is 14.5. The van der Waals surface area contributed by atoms with E-state index in [1.807, 2.05) is 45.8 Å². The SMILES string of the molecule is O=C(NC1CCCC1)N[C@H]1CCCCC/C=C\[C@H]2C[C@@]2(C(=O)O)NC(=O)[C@@H]2C[C@H](n3ncc(-c4ccsc4)c(-c4ccsc4)c3=O)CN2C1=O. The van der Waals surface area contributed by atoms with Crippen molar-refractivity contribution in [3.63, 3.8) is 0 Å². The molecule has 0 aromatic carbocycles. The van der Waals surface area contributed by atoms with Gasteiger partial charge in [0.2, 0.25) is 11.8 Å². The van der Waals surface area contributed by atoms with Crippen molar-refractivity contribution < 1.29 is 24.3 Å². The van der Waals surface area contributed by atoms with Crippen molar-refractivity contribution >= 4 is 46.5 Å². The van der Waals surface area contributed by atoms with Crippen LogP contribution in [0.2, 0.25) is 0 Å². The van der Waals surface area contributed by atoms with E-state index in [0.717, 1.165) is 56.1 Å². The van der Waals surface area contributed by atoms with E-state index in [-0.39, 0.29) is 36.9 Å². The first-order chi connectivity index (χ1) is 24.2. The average molecular weight is 719 g/mol. The lowest BCUT2D eigenvalue weighted by molar-refractivity contribution is -0.145. The minimum absolute atomic E-state index is 0.00344. The van der Waals surface area contributed by atoms with Gasteiger partial charge < -0.3 is 26.0 Å². The lowest BCUT2D eigenvalue weighted by Gasteiger charge is -2.30. The number of urea groups is 1. The molecule has 2 aliphatic heterocycles. The molecule has 0 unspecified atom stereocenters. The Morgan fingerprint density at radius 3 is 2.42 bits per heavy atom. The molecule has 3 aromatic heterocycles. The van der Waals surface area contributed by atoms with Gasteiger partial charge in [0.1, 0.15) is 17.6 Å². The summed E-state index contributed by atoms with van der Waals surface area (Å²) in [5.74, 6) is -2.50. The third kappa shape index (κ3) is 6.87. The van der Waals surface area contributed by atoms with Crippen LogP contribution in [0, 0.1) is 5.92 Å². The van der Waals surface area contributed by atoms with Gasteiger partial charge in [-0.3, -0.25) is 14.4 Å². The van der Waals surface area contributed by atoms with Crippen LogP contribution in [0.15, 0.2) is 56.8 Å². The van der Waals surface area contributed by atoms with Gasteiger partial charge in [-0.15, -0.1) is 0 Å². The monoisotopic (exact) mass is 718 g/mol. The van der Waals surface area contributed by atoms with E-state index in [2.05, 4.69) is 21.0 Å². The zero-order chi connectivity index (χ0) is 34.8. The predicted molar refractivity (Wildman–Crippen MR) is 191 cm³/mol. The summed E-state index contributed by atoms with van der Waals surface area (Å²) in [5, 5.41) is 31.2. The predicted octanol–water partition coefficient (Wildman–Crippen LogP) is 4.93. The van der Waals surface area contributed by atoms with Crippen LogP contribution in [0.25, 0.3) is 22.3 Å². The lowest BCUT2D eigenvalue weighted by atomic mass is 10.0. The first-order valence-electron chi connectivity index (χ1n) is 17.5. The highest BCUT2D eigenvalue weighted by Gasteiger charge is 2.61. The molecule has 2 saturated carbocycles. The van der Waals surface area contributed by atoms with Gasteiger partial charge in [-0.05, 0) is 83.3 Å². The van der Waals surface area contributed by atoms with E-state index in [9.17, 15) is 29.1 Å². The van der Waals surface area contributed by atoms with Gasteiger partial charge in [-0.1, -0.05) is 37.8 Å². The summed E-state index contributed by atoms with van der Waals surface area (Å²) in [5.41, 5.74) is 1.02. The van der Waals surface area contributed by atoms with E-state index in [1.54, 1.807) is 6.20 Å². The molecule has 0 bridgehead atoms. The first kappa shape index (κ1) is 34.2. The van der Waals surface area contributed by atoms with E-state index in [0.29, 0.717) is 24.0 Å². The number of carboxylic acids is 1. The van der Waals surface area contributed by atoms with Crippen LogP contribution in [-0.4, -0.2) is 73.8 Å². The van der Waals surface area contributed by atoms with E-state index >= 15 is 0 Å². The Hall–Kier alpha value is -4.30. The average Bonchev–Trinajstić information content (AvgIpc) is 3.77. The Morgan fingerprint density at radius 2 is 1.70 bits per heavy atom. The number of amides is 4. The van der Waals surface area contributed by atoms with Crippen molar-refractivity contribution in [1.82, 2.24) is 30.6 Å². The van der Waals surface area contributed by atoms with Crippen LogP contribution < -0.4 is 21.5 Å². The summed E-state index contributed by atoms with van der Waals surface area (Å²) < 4.78 is 1.36. The molecular formula is C36H42N6O6S2. The number of thiophene rings is 2. The molecule has 5 heterocycles. The molecule has 0 radical (unpaired) electrons. The molecule has 4 aliphatic rings.